The van der Waals surface area contributed by atoms with Crippen LogP contribution < -0.4 is 0 Å². The third-order valence-corrected chi connectivity index (χ3v) is 11.6. The zero-order chi connectivity index (χ0) is 45.0. The van der Waals surface area contributed by atoms with Crippen molar-refractivity contribution >= 4 is 29.6 Å². The molecule has 6 fully saturated rings. The molecule has 5 saturated heterocycles. The standard InChI is InChI=1S/C12H21NO.C11H19NO.C9H17NO.C9H19NO.C7H14O2/c1-12(2,3)11(14)13-8-9-4-6-10(13)7-5-9;1-11(2,3)10(13)12-8-4-5-9(12)7-6-8;1-9(2,3)8(11)10-6-4-5-7-10;1-6-10(7-2)8(11)9(3,4)5;1-5-9-6(8)7(2,3)4/h9-10H,4-8H2,1-3H3;8-9H,4-7H2,1-3H3;4-7H2,1-3H3;6-7H2,1-5H3;5H2,1-4H3. The van der Waals surface area contributed by atoms with Gasteiger partial charge in [0.25, 0.3) is 0 Å². The molecule has 0 atom stereocenters. The van der Waals surface area contributed by atoms with Crippen LogP contribution >= 0.6 is 0 Å². The number of hydrogen-bond acceptors (Lipinski definition) is 6. The summed E-state index contributed by atoms with van der Waals surface area (Å²) in [6.07, 6.45) is 12.5. The van der Waals surface area contributed by atoms with Crippen LogP contribution in [-0.4, -0.2) is 107 Å². The lowest BCUT2D eigenvalue weighted by atomic mass is 9.78. The zero-order valence-corrected chi connectivity index (χ0v) is 40.9. The van der Waals surface area contributed by atoms with Crippen molar-refractivity contribution in [2.75, 3.05) is 39.3 Å². The van der Waals surface area contributed by atoms with E-state index >= 15 is 0 Å². The van der Waals surface area contributed by atoms with Gasteiger partial charge in [-0.05, 0) is 112 Å². The Hall–Kier alpha value is -2.65. The minimum atomic E-state index is -0.351. The highest BCUT2D eigenvalue weighted by molar-refractivity contribution is 5.83. The highest BCUT2D eigenvalue weighted by Crippen LogP contribution is 2.40. The quantitative estimate of drug-likeness (QED) is 0.263. The molecule has 0 N–H and O–H groups in total. The van der Waals surface area contributed by atoms with Gasteiger partial charge in [-0.1, -0.05) is 83.1 Å². The molecule has 0 aromatic heterocycles. The van der Waals surface area contributed by atoms with Crippen LogP contribution in [0.25, 0.3) is 0 Å². The van der Waals surface area contributed by atoms with Crippen molar-refractivity contribution in [3.05, 3.63) is 0 Å². The lowest BCUT2D eigenvalue weighted by molar-refractivity contribution is -0.152. The SMILES string of the molecule is CC(C)(C)C(=O)N1C2CCC1CC2.CC(C)(C)C(=O)N1CC2CCC1CC2.CC(C)(C)C(=O)N1CCCC1.CCN(CC)C(=O)C(C)(C)C.CCOC(=O)C(C)(C)C. The van der Waals surface area contributed by atoms with Crippen LogP contribution in [0.1, 0.15) is 189 Å². The Kier molecular flexibility index (Phi) is 20.5. The van der Waals surface area contributed by atoms with Crippen molar-refractivity contribution in [3.8, 4) is 0 Å². The molecule has 6 rings (SSSR count). The molecule has 0 aromatic rings. The molecule has 0 unspecified atom stereocenters. The van der Waals surface area contributed by atoms with Gasteiger partial charge in [-0.3, -0.25) is 24.0 Å². The lowest BCUT2D eigenvalue weighted by Gasteiger charge is -2.47. The number of esters is 1. The first-order chi connectivity index (χ1) is 26.4. The van der Waals surface area contributed by atoms with Crippen LogP contribution in [0.5, 0.6) is 0 Å². The predicted molar refractivity (Wildman–Crippen MR) is 238 cm³/mol. The molecule has 0 radical (unpaired) electrons. The summed E-state index contributed by atoms with van der Waals surface area (Å²) >= 11 is 0. The van der Waals surface area contributed by atoms with E-state index in [0.29, 0.717) is 42.5 Å². The fourth-order valence-corrected chi connectivity index (χ4v) is 8.10. The van der Waals surface area contributed by atoms with Gasteiger partial charge < -0.3 is 24.3 Å². The number of carbonyl (C=O) groups is 5. The molecule has 5 heterocycles. The zero-order valence-electron chi connectivity index (χ0n) is 40.9. The number of piperidine rings is 2. The Bertz CT molecular complexity index is 1260. The van der Waals surface area contributed by atoms with E-state index in [2.05, 4.69) is 9.80 Å². The topological polar surface area (TPSA) is 108 Å². The molecule has 10 heteroatoms. The van der Waals surface area contributed by atoms with E-state index < -0.39 is 0 Å². The smallest absolute Gasteiger partial charge is 0.311 e. The second-order valence-corrected chi connectivity index (χ2v) is 22.3. The normalized spacial score (nSPS) is 22.6. The van der Waals surface area contributed by atoms with Gasteiger partial charge in [0.1, 0.15) is 0 Å². The summed E-state index contributed by atoms with van der Waals surface area (Å²) in [5.41, 5.74) is -1.16. The summed E-state index contributed by atoms with van der Waals surface area (Å²) in [6.45, 7) is 40.3. The van der Waals surface area contributed by atoms with E-state index in [1.54, 1.807) is 0 Å². The Morgan fingerprint density at radius 2 is 0.914 bits per heavy atom. The number of likely N-dealkylation sites (tertiary alicyclic amines) is 1. The van der Waals surface area contributed by atoms with Gasteiger partial charge in [0.05, 0.1) is 12.0 Å². The molecule has 4 bridgehead atoms. The Balaban J connectivity index is 0.000000366. The molecule has 6 aliphatic rings. The highest BCUT2D eigenvalue weighted by atomic mass is 16.5. The van der Waals surface area contributed by atoms with Crippen molar-refractivity contribution in [1.29, 1.82) is 0 Å². The van der Waals surface area contributed by atoms with E-state index in [4.69, 9.17) is 4.74 Å². The molecule has 10 nitrogen and oxygen atoms in total. The first-order valence-corrected chi connectivity index (χ1v) is 22.8. The van der Waals surface area contributed by atoms with Crippen LogP contribution in [-0.2, 0) is 28.7 Å². The van der Waals surface area contributed by atoms with E-state index in [-0.39, 0.29) is 39.0 Å². The van der Waals surface area contributed by atoms with Crippen molar-refractivity contribution in [1.82, 2.24) is 19.6 Å². The van der Waals surface area contributed by atoms with Crippen molar-refractivity contribution in [3.63, 3.8) is 0 Å². The van der Waals surface area contributed by atoms with Crippen LogP contribution in [0.3, 0.4) is 0 Å². The molecule has 1 aliphatic carbocycles. The minimum Gasteiger partial charge on any atom is -0.466 e. The third-order valence-electron chi connectivity index (χ3n) is 11.6. The van der Waals surface area contributed by atoms with Crippen LogP contribution in [0.4, 0.5) is 0 Å². The summed E-state index contributed by atoms with van der Waals surface area (Å²) in [5.74, 6) is 1.92. The van der Waals surface area contributed by atoms with E-state index in [9.17, 15) is 24.0 Å². The molecular weight excluding hydrogens is 729 g/mol. The highest BCUT2D eigenvalue weighted by Gasteiger charge is 2.45. The van der Waals surface area contributed by atoms with Gasteiger partial charge in [-0.15, -0.1) is 0 Å². The monoisotopic (exact) mass is 819 g/mol. The van der Waals surface area contributed by atoms with E-state index in [1.165, 1.54) is 64.2 Å². The Morgan fingerprint density at radius 3 is 1.17 bits per heavy atom. The van der Waals surface area contributed by atoms with Gasteiger partial charge in [0, 0.05) is 72.5 Å². The average Bonchev–Trinajstić information content (AvgIpc) is 3.90. The fraction of sp³-hybridized carbons (Fsp3) is 0.896. The summed E-state index contributed by atoms with van der Waals surface area (Å²) < 4.78 is 4.77. The number of fused-ring (bicyclic) bond motifs is 5. The van der Waals surface area contributed by atoms with Crippen LogP contribution in [0.15, 0.2) is 0 Å². The Labute approximate surface area is 356 Å². The summed E-state index contributed by atoms with van der Waals surface area (Å²) in [7, 11) is 0. The van der Waals surface area contributed by atoms with Gasteiger partial charge in [0.15, 0.2) is 0 Å². The molecule has 1 saturated carbocycles. The maximum absolute atomic E-state index is 12.1. The molecule has 0 aromatic carbocycles. The molecule has 0 spiro atoms. The fourth-order valence-electron chi connectivity index (χ4n) is 8.10. The predicted octanol–water partition coefficient (Wildman–Crippen LogP) is 9.77. The number of carbonyl (C=O) groups excluding carboxylic acids is 5. The van der Waals surface area contributed by atoms with Crippen LogP contribution in [0.2, 0.25) is 0 Å². The van der Waals surface area contributed by atoms with Gasteiger partial charge >= 0.3 is 5.97 Å². The molecule has 338 valence electrons. The lowest BCUT2D eigenvalue weighted by Crippen LogP contribution is -2.53. The third kappa shape index (κ3) is 16.8. The van der Waals surface area contributed by atoms with Gasteiger partial charge in [-0.2, -0.15) is 0 Å². The number of rotatable bonds is 3. The number of amides is 4. The largest absolute Gasteiger partial charge is 0.466 e. The van der Waals surface area contributed by atoms with Crippen molar-refractivity contribution < 1.29 is 28.7 Å². The number of hydrogen-bond donors (Lipinski definition) is 0. The number of ether oxygens (including phenoxy) is 1. The molecular formula is C48H90N4O6. The maximum Gasteiger partial charge on any atom is 0.311 e. The molecule has 4 amide bonds. The van der Waals surface area contributed by atoms with Crippen molar-refractivity contribution in [2.24, 2.45) is 33.0 Å². The van der Waals surface area contributed by atoms with Crippen LogP contribution in [0, 0.1) is 33.0 Å². The van der Waals surface area contributed by atoms with Gasteiger partial charge in [-0.25, -0.2) is 0 Å². The van der Waals surface area contributed by atoms with E-state index in [1.807, 2.05) is 134 Å². The van der Waals surface area contributed by atoms with Gasteiger partial charge in [0.2, 0.25) is 23.6 Å². The minimum absolute atomic E-state index is 0.134. The first kappa shape index (κ1) is 53.4. The second-order valence-electron chi connectivity index (χ2n) is 22.3. The maximum atomic E-state index is 12.1. The summed E-state index contributed by atoms with van der Waals surface area (Å²) in [4.78, 5) is 66.3. The average molecular weight is 819 g/mol. The molecule has 58 heavy (non-hydrogen) atoms. The summed E-state index contributed by atoms with van der Waals surface area (Å²) in [5, 5.41) is 0. The second kappa shape index (κ2) is 22.3. The van der Waals surface area contributed by atoms with Crippen molar-refractivity contribution in [2.45, 2.75) is 207 Å². The van der Waals surface area contributed by atoms with E-state index in [0.717, 1.165) is 38.6 Å². The molecule has 5 aliphatic heterocycles. The summed E-state index contributed by atoms with van der Waals surface area (Å²) in [6, 6.07) is 1.72. The number of nitrogens with zero attached hydrogens (tertiary/aromatic N) is 4. The Morgan fingerprint density at radius 1 is 0.517 bits per heavy atom. The first-order valence-electron chi connectivity index (χ1n) is 22.8.